The van der Waals surface area contributed by atoms with E-state index in [1.54, 1.807) is 19.0 Å². The number of para-hydroxylation sites is 1. The van der Waals surface area contributed by atoms with Crippen LogP contribution in [0.25, 0.3) is 10.9 Å². The Kier molecular flexibility index (Phi) is 4.21. The smallest absolute Gasteiger partial charge is 0.269 e. The monoisotopic (exact) mass is 310 g/mol. The zero-order valence-electron chi connectivity index (χ0n) is 13.8. The van der Waals surface area contributed by atoms with Crippen molar-refractivity contribution in [3.05, 3.63) is 59.5 Å². The number of aromatic nitrogens is 2. The number of carbonyl (C=O) groups excluding carboxylic acids is 1. The summed E-state index contributed by atoms with van der Waals surface area (Å²) in [5.41, 5.74) is 4.15. The first-order valence-corrected chi connectivity index (χ1v) is 7.69. The van der Waals surface area contributed by atoms with E-state index in [1.807, 2.05) is 12.1 Å². The standard InChI is InChI=1S/C18H22N4O/c1-21(2)18(23)16-9-8-14(20-16)11-19-10-13-12-22(3)17-7-5-4-6-15(13)17/h4-9,12,19-20H,10-11H2,1-3H3. The quantitative estimate of drug-likeness (QED) is 0.761. The Morgan fingerprint density at radius 2 is 1.96 bits per heavy atom. The summed E-state index contributed by atoms with van der Waals surface area (Å²) >= 11 is 0. The van der Waals surface area contributed by atoms with Gasteiger partial charge >= 0.3 is 0 Å². The Labute approximate surface area is 135 Å². The van der Waals surface area contributed by atoms with Crippen molar-refractivity contribution in [2.45, 2.75) is 13.1 Å². The third-order valence-electron chi connectivity index (χ3n) is 3.99. The van der Waals surface area contributed by atoms with Crippen molar-refractivity contribution in [2.24, 2.45) is 7.05 Å². The number of H-pyrrole nitrogens is 1. The average Bonchev–Trinajstić information content (AvgIpc) is 3.13. The van der Waals surface area contributed by atoms with Gasteiger partial charge in [0, 0.05) is 57.0 Å². The van der Waals surface area contributed by atoms with E-state index in [1.165, 1.54) is 16.5 Å². The van der Waals surface area contributed by atoms with Gasteiger partial charge in [-0.1, -0.05) is 18.2 Å². The minimum absolute atomic E-state index is 0.00898. The molecule has 120 valence electrons. The lowest BCUT2D eigenvalue weighted by Crippen LogP contribution is -2.22. The average molecular weight is 310 g/mol. The van der Waals surface area contributed by atoms with Crippen molar-refractivity contribution >= 4 is 16.8 Å². The number of aryl methyl sites for hydroxylation is 1. The van der Waals surface area contributed by atoms with Crippen LogP contribution in [0.3, 0.4) is 0 Å². The van der Waals surface area contributed by atoms with Crippen molar-refractivity contribution in [2.75, 3.05) is 14.1 Å². The van der Waals surface area contributed by atoms with Crippen LogP contribution >= 0.6 is 0 Å². The molecule has 0 spiro atoms. The van der Waals surface area contributed by atoms with Crippen LogP contribution in [-0.4, -0.2) is 34.5 Å². The minimum atomic E-state index is -0.00898. The predicted octanol–water partition coefficient (Wildman–Crippen LogP) is 2.50. The Hall–Kier alpha value is -2.53. The van der Waals surface area contributed by atoms with Crippen LogP contribution in [0.15, 0.2) is 42.6 Å². The number of hydrogen-bond donors (Lipinski definition) is 2. The summed E-state index contributed by atoms with van der Waals surface area (Å²) in [6.07, 6.45) is 2.16. The highest BCUT2D eigenvalue weighted by molar-refractivity contribution is 5.92. The van der Waals surface area contributed by atoms with Gasteiger partial charge in [0.05, 0.1) is 0 Å². The SMILES string of the molecule is CN(C)C(=O)c1ccc(CNCc2cn(C)c3ccccc23)[nH]1. The highest BCUT2D eigenvalue weighted by Crippen LogP contribution is 2.20. The van der Waals surface area contributed by atoms with Gasteiger partial charge in [-0.25, -0.2) is 0 Å². The summed E-state index contributed by atoms with van der Waals surface area (Å²) in [5, 5.41) is 4.71. The molecule has 23 heavy (non-hydrogen) atoms. The number of nitrogens with one attached hydrogen (secondary N) is 2. The van der Waals surface area contributed by atoms with E-state index in [0.29, 0.717) is 12.2 Å². The number of hydrogen-bond acceptors (Lipinski definition) is 2. The van der Waals surface area contributed by atoms with E-state index in [-0.39, 0.29) is 5.91 Å². The van der Waals surface area contributed by atoms with Crippen LogP contribution in [-0.2, 0) is 20.1 Å². The number of carbonyl (C=O) groups is 1. The fourth-order valence-corrected chi connectivity index (χ4v) is 2.81. The Morgan fingerprint density at radius 3 is 2.74 bits per heavy atom. The Balaban J connectivity index is 1.64. The lowest BCUT2D eigenvalue weighted by atomic mass is 10.2. The van der Waals surface area contributed by atoms with E-state index in [2.05, 4.69) is 52.4 Å². The second kappa shape index (κ2) is 6.30. The maximum absolute atomic E-state index is 11.9. The molecule has 0 aliphatic heterocycles. The molecule has 0 saturated carbocycles. The van der Waals surface area contributed by atoms with Crippen molar-refractivity contribution in [1.29, 1.82) is 0 Å². The van der Waals surface area contributed by atoms with Gasteiger partial charge < -0.3 is 19.8 Å². The van der Waals surface area contributed by atoms with Crippen LogP contribution in [0.2, 0.25) is 0 Å². The van der Waals surface area contributed by atoms with Crippen molar-refractivity contribution in [1.82, 2.24) is 19.8 Å². The number of fused-ring (bicyclic) bond motifs is 1. The molecular formula is C18H22N4O. The summed E-state index contributed by atoms with van der Waals surface area (Å²) in [5.74, 6) is -0.00898. The molecule has 5 heteroatoms. The number of aromatic amines is 1. The topological polar surface area (TPSA) is 53.1 Å². The normalized spacial score (nSPS) is 11.1. The van der Waals surface area contributed by atoms with E-state index in [4.69, 9.17) is 0 Å². The first-order chi connectivity index (χ1) is 11.1. The molecule has 0 fully saturated rings. The lowest BCUT2D eigenvalue weighted by molar-refractivity contribution is 0.0822. The van der Waals surface area contributed by atoms with Gasteiger partial charge in [0.2, 0.25) is 0 Å². The molecule has 5 nitrogen and oxygen atoms in total. The molecule has 2 N–H and O–H groups in total. The van der Waals surface area contributed by atoms with Crippen LogP contribution in [0, 0.1) is 0 Å². The molecule has 3 aromatic rings. The molecule has 0 atom stereocenters. The summed E-state index contributed by atoms with van der Waals surface area (Å²) < 4.78 is 2.15. The summed E-state index contributed by atoms with van der Waals surface area (Å²) in [6.45, 7) is 1.49. The number of rotatable bonds is 5. The Bertz CT molecular complexity index is 829. The lowest BCUT2D eigenvalue weighted by Gasteiger charge is -2.08. The minimum Gasteiger partial charge on any atom is -0.353 e. The van der Waals surface area contributed by atoms with Crippen LogP contribution < -0.4 is 5.32 Å². The molecule has 2 aromatic heterocycles. The zero-order valence-corrected chi connectivity index (χ0v) is 13.8. The van der Waals surface area contributed by atoms with E-state index in [9.17, 15) is 4.79 Å². The molecule has 1 amide bonds. The van der Waals surface area contributed by atoms with E-state index >= 15 is 0 Å². The Morgan fingerprint density at radius 1 is 1.17 bits per heavy atom. The molecule has 0 aliphatic rings. The first-order valence-electron chi connectivity index (χ1n) is 7.69. The van der Waals surface area contributed by atoms with Gasteiger partial charge in [0.1, 0.15) is 5.69 Å². The molecular weight excluding hydrogens is 288 g/mol. The molecule has 0 unspecified atom stereocenters. The van der Waals surface area contributed by atoms with Gasteiger partial charge in [0.15, 0.2) is 0 Å². The molecule has 0 saturated heterocycles. The highest BCUT2D eigenvalue weighted by atomic mass is 16.2. The summed E-state index contributed by atoms with van der Waals surface area (Å²) in [4.78, 5) is 16.6. The molecule has 0 aliphatic carbocycles. The molecule has 3 rings (SSSR count). The van der Waals surface area contributed by atoms with Crippen LogP contribution in [0.5, 0.6) is 0 Å². The largest absolute Gasteiger partial charge is 0.353 e. The fraction of sp³-hybridized carbons (Fsp3) is 0.278. The molecule has 2 heterocycles. The van der Waals surface area contributed by atoms with Crippen molar-refractivity contribution in [3.8, 4) is 0 Å². The maximum atomic E-state index is 11.9. The van der Waals surface area contributed by atoms with Crippen LogP contribution in [0.1, 0.15) is 21.7 Å². The second-order valence-corrected chi connectivity index (χ2v) is 5.98. The van der Waals surface area contributed by atoms with Crippen LogP contribution in [0.4, 0.5) is 0 Å². The van der Waals surface area contributed by atoms with Gasteiger partial charge in [-0.3, -0.25) is 4.79 Å². The molecule has 0 radical (unpaired) electrons. The van der Waals surface area contributed by atoms with Gasteiger partial charge in [-0.2, -0.15) is 0 Å². The van der Waals surface area contributed by atoms with Gasteiger partial charge in [-0.15, -0.1) is 0 Å². The number of amides is 1. The summed E-state index contributed by atoms with van der Waals surface area (Å²) in [6, 6.07) is 12.2. The van der Waals surface area contributed by atoms with Crippen molar-refractivity contribution < 1.29 is 4.79 Å². The third kappa shape index (κ3) is 3.14. The number of nitrogens with zero attached hydrogens (tertiary/aromatic N) is 2. The van der Waals surface area contributed by atoms with E-state index in [0.717, 1.165) is 12.2 Å². The van der Waals surface area contributed by atoms with Gasteiger partial charge in [-0.05, 0) is 23.8 Å². The maximum Gasteiger partial charge on any atom is 0.269 e. The van der Waals surface area contributed by atoms with Crippen molar-refractivity contribution in [3.63, 3.8) is 0 Å². The van der Waals surface area contributed by atoms with E-state index < -0.39 is 0 Å². The van der Waals surface area contributed by atoms with Gasteiger partial charge in [0.25, 0.3) is 5.91 Å². The second-order valence-electron chi connectivity index (χ2n) is 5.98. The number of benzene rings is 1. The fourth-order valence-electron chi connectivity index (χ4n) is 2.81. The molecule has 1 aromatic carbocycles. The first kappa shape index (κ1) is 15.4. The molecule has 0 bridgehead atoms. The predicted molar refractivity (Wildman–Crippen MR) is 92.3 cm³/mol. The third-order valence-corrected chi connectivity index (χ3v) is 3.99. The summed E-state index contributed by atoms with van der Waals surface area (Å²) in [7, 11) is 5.57. The zero-order chi connectivity index (χ0) is 16.4. The highest BCUT2D eigenvalue weighted by Gasteiger charge is 2.10.